The average molecular weight is 359 g/mol. The summed E-state index contributed by atoms with van der Waals surface area (Å²) in [5, 5.41) is 0.853. The van der Waals surface area contributed by atoms with E-state index in [0.29, 0.717) is 16.7 Å². The fourth-order valence-corrected chi connectivity index (χ4v) is 6.26. The van der Waals surface area contributed by atoms with Gasteiger partial charge in [0.1, 0.15) is 0 Å². The van der Waals surface area contributed by atoms with Crippen LogP contribution in [0, 0.1) is 17.8 Å². The SMILES string of the molecule is CC(NS(=O)(=O)c1ccc2ncccc2c1)C1CCC2CCCC1C2. The minimum absolute atomic E-state index is 0.0151. The van der Waals surface area contributed by atoms with Crippen molar-refractivity contribution in [2.45, 2.75) is 56.4 Å². The van der Waals surface area contributed by atoms with E-state index in [1.54, 1.807) is 24.4 Å². The van der Waals surface area contributed by atoms with E-state index >= 15 is 0 Å². The lowest BCUT2D eigenvalue weighted by Crippen LogP contribution is -2.44. The van der Waals surface area contributed by atoms with Gasteiger partial charge in [0, 0.05) is 17.6 Å². The molecule has 0 saturated heterocycles. The highest BCUT2D eigenvalue weighted by Crippen LogP contribution is 2.44. The highest BCUT2D eigenvalue weighted by atomic mass is 32.2. The van der Waals surface area contributed by atoms with Gasteiger partial charge in [-0.15, -0.1) is 0 Å². The molecule has 1 aromatic carbocycles. The molecule has 25 heavy (non-hydrogen) atoms. The van der Waals surface area contributed by atoms with Crippen LogP contribution in [0.3, 0.4) is 0 Å². The molecule has 0 radical (unpaired) electrons. The van der Waals surface area contributed by atoms with E-state index in [9.17, 15) is 8.42 Å². The second kappa shape index (κ2) is 6.69. The first-order chi connectivity index (χ1) is 12.0. The quantitative estimate of drug-likeness (QED) is 0.894. The first-order valence-corrected chi connectivity index (χ1v) is 10.9. The third kappa shape index (κ3) is 3.44. The number of aromatic nitrogens is 1. The van der Waals surface area contributed by atoms with Crippen molar-refractivity contribution in [2.24, 2.45) is 17.8 Å². The van der Waals surface area contributed by atoms with Crippen molar-refractivity contribution in [3.05, 3.63) is 36.5 Å². The Balaban J connectivity index is 1.53. The summed E-state index contributed by atoms with van der Waals surface area (Å²) in [4.78, 5) is 4.59. The lowest BCUT2D eigenvalue weighted by atomic mass is 9.65. The van der Waals surface area contributed by atoms with E-state index in [1.165, 1.54) is 32.1 Å². The number of benzene rings is 1. The van der Waals surface area contributed by atoms with Crippen molar-refractivity contribution < 1.29 is 8.42 Å². The summed E-state index contributed by atoms with van der Waals surface area (Å²) >= 11 is 0. The summed E-state index contributed by atoms with van der Waals surface area (Å²) in [7, 11) is -3.51. The van der Waals surface area contributed by atoms with Gasteiger partial charge in [0.25, 0.3) is 0 Å². The molecule has 1 aromatic heterocycles. The number of nitrogens with zero attached hydrogens (tertiary/aromatic N) is 1. The molecule has 4 atom stereocenters. The molecular formula is C20H26N2O2S. The van der Waals surface area contributed by atoms with Gasteiger partial charge in [0.15, 0.2) is 0 Å². The van der Waals surface area contributed by atoms with Crippen molar-refractivity contribution >= 4 is 20.9 Å². The Morgan fingerprint density at radius 1 is 1.16 bits per heavy atom. The van der Waals surface area contributed by atoms with Crippen LogP contribution in [0.5, 0.6) is 0 Å². The molecule has 4 unspecified atom stereocenters. The maximum Gasteiger partial charge on any atom is 0.240 e. The standard InChI is InChI=1S/C20H26N2O2S/c1-14(19-9-7-15-4-2-5-16(19)12-15)22-25(23,24)18-8-10-20-17(13-18)6-3-11-21-20/h3,6,8,10-11,13-16,19,22H,2,4-5,7,9,12H2,1H3. The van der Waals surface area contributed by atoms with Gasteiger partial charge in [-0.05, 0) is 61.8 Å². The number of hydrogen-bond acceptors (Lipinski definition) is 3. The van der Waals surface area contributed by atoms with Gasteiger partial charge in [-0.1, -0.05) is 31.7 Å². The molecular weight excluding hydrogens is 332 g/mol. The molecule has 2 saturated carbocycles. The van der Waals surface area contributed by atoms with E-state index < -0.39 is 10.0 Å². The van der Waals surface area contributed by atoms with Gasteiger partial charge in [0.05, 0.1) is 10.4 Å². The summed E-state index contributed by atoms with van der Waals surface area (Å²) in [6.45, 7) is 2.04. The van der Waals surface area contributed by atoms with Crippen molar-refractivity contribution in [3.63, 3.8) is 0 Å². The molecule has 4 rings (SSSR count). The van der Waals surface area contributed by atoms with Gasteiger partial charge in [-0.2, -0.15) is 0 Å². The van der Waals surface area contributed by atoms with Crippen LogP contribution < -0.4 is 4.72 Å². The normalized spacial score (nSPS) is 28.0. The zero-order valence-electron chi connectivity index (χ0n) is 14.7. The molecule has 2 aromatic rings. The van der Waals surface area contributed by atoms with Crippen LogP contribution >= 0.6 is 0 Å². The van der Waals surface area contributed by atoms with Gasteiger partial charge < -0.3 is 0 Å². The van der Waals surface area contributed by atoms with E-state index in [0.717, 1.165) is 23.2 Å². The molecule has 0 aliphatic heterocycles. The lowest BCUT2D eigenvalue weighted by Gasteiger charge is -2.42. The number of hydrogen-bond donors (Lipinski definition) is 1. The molecule has 1 heterocycles. The van der Waals surface area contributed by atoms with Gasteiger partial charge >= 0.3 is 0 Å². The topological polar surface area (TPSA) is 59.1 Å². The smallest absolute Gasteiger partial charge is 0.240 e. The Morgan fingerprint density at radius 2 is 2.04 bits per heavy atom. The van der Waals surface area contributed by atoms with Gasteiger partial charge in [-0.3, -0.25) is 4.98 Å². The molecule has 0 amide bonds. The summed E-state index contributed by atoms with van der Waals surface area (Å²) in [5.74, 6) is 2.03. The van der Waals surface area contributed by atoms with Gasteiger partial charge in [-0.25, -0.2) is 13.1 Å². The molecule has 2 fully saturated rings. The number of rotatable bonds is 4. The lowest BCUT2D eigenvalue weighted by molar-refractivity contribution is 0.104. The number of fused-ring (bicyclic) bond motifs is 3. The second-order valence-electron chi connectivity index (χ2n) is 7.80. The van der Waals surface area contributed by atoms with E-state index in [2.05, 4.69) is 9.71 Å². The molecule has 4 nitrogen and oxygen atoms in total. The van der Waals surface area contributed by atoms with Crippen LogP contribution in [0.25, 0.3) is 10.9 Å². The average Bonchev–Trinajstić information content (AvgIpc) is 2.61. The van der Waals surface area contributed by atoms with E-state index in [1.807, 2.05) is 19.1 Å². The van der Waals surface area contributed by atoms with Crippen molar-refractivity contribution in [1.82, 2.24) is 9.71 Å². The Hall–Kier alpha value is -1.46. The van der Waals surface area contributed by atoms with Gasteiger partial charge in [0.2, 0.25) is 10.0 Å². The minimum atomic E-state index is -3.51. The Morgan fingerprint density at radius 3 is 2.92 bits per heavy atom. The van der Waals surface area contributed by atoms with Crippen LogP contribution in [0.2, 0.25) is 0 Å². The largest absolute Gasteiger partial charge is 0.256 e. The first kappa shape index (κ1) is 17.0. The Labute approximate surface area is 150 Å². The summed E-state index contributed by atoms with van der Waals surface area (Å²) in [6, 6.07) is 8.86. The van der Waals surface area contributed by atoms with Crippen molar-refractivity contribution in [1.29, 1.82) is 0 Å². The fourth-order valence-electron chi connectivity index (χ4n) is 4.93. The highest BCUT2D eigenvalue weighted by Gasteiger charge is 2.37. The predicted molar refractivity (Wildman–Crippen MR) is 99.7 cm³/mol. The van der Waals surface area contributed by atoms with Crippen LogP contribution in [0.1, 0.15) is 45.4 Å². The number of nitrogens with one attached hydrogen (secondary N) is 1. The summed E-state index contributed by atoms with van der Waals surface area (Å²) in [5.41, 5.74) is 0.815. The predicted octanol–water partition coefficient (Wildman–Crippen LogP) is 4.12. The van der Waals surface area contributed by atoms with Crippen molar-refractivity contribution in [2.75, 3.05) is 0 Å². The fraction of sp³-hybridized carbons (Fsp3) is 0.550. The minimum Gasteiger partial charge on any atom is -0.256 e. The highest BCUT2D eigenvalue weighted by molar-refractivity contribution is 7.89. The zero-order valence-corrected chi connectivity index (χ0v) is 15.5. The summed E-state index contributed by atoms with van der Waals surface area (Å²) in [6.07, 6.45) is 9.36. The molecule has 0 spiro atoms. The first-order valence-electron chi connectivity index (χ1n) is 9.40. The second-order valence-corrected chi connectivity index (χ2v) is 9.52. The molecule has 2 aliphatic rings. The number of pyridine rings is 1. The van der Waals surface area contributed by atoms with E-state index in [-0.39, 0.29) is 6.04 Å². The molecule has 134 valence electrons. The third-order valence-corrected chi connectivity index (χ3v) is 7.76. The third-order valence-electron chi connectivity index (χ3n) is 6.21. The zero-order chi connectivity index (χ0) is 17.4. The van der Waals surface area contributed by atoms with Crippen LogP contribution in [-0.4, -0.2) is 19.4 Å². The monoisotopic (exact) mass is 358 g/mol. The molecule has 2 aliphatic carbocycles. The maximum absolute atomic E-state index is 12.9. The Kier molecular flexibility index (Phi) is 4.54. The summed E-state index contributed by atoms with van der Waals surface area (Å²) < 4.78 is 28.7. The van der Waals surface area contributed by atoms with Crippen LogP contribution in [0.4, 0.5) is 0 Å². The molecule has 5 heteroatoms. The van der Waals surface area contributed by atoms with Crippen LogP contribution in [-0.2, 0) is 10.0 Å². The molecule has 2 bridgehead atoms. The van der Waals surface area contributed by atoms with E-state index in [4.69, 9.17) is 0 Å². The Bertz CT molecular complexity index is 865. The molecule has 1 N–H and O–H groups in total. The van der Waals surface area contributed by atoms with Crippen molar-refractivity contribution in [3.8, 4) is 0 Å². The number of sulfonamides is 1. The van der Waals surface area contributed by atoms with Crippen LogP contribution in [0.15, 0.2) is 41.4 Å². The maximum atomic E-state index is 12.9.